The largest absolute Gasteiger partial charge is 0.382 e. The average Bonchev–Trinajstić information content (AvgIpc) is 3.26. The number of hydrogen-bond donors (Lipinski definition) is 2. The van der Waals surface area contributed by atoms with Crippen molar-refractivity contribution in [3.05, 3.63) is 34.4 Å². The minimum Gasteiger partial charge on any atom is -0.382 e. The van der Waals surface area contributed by atoms with Crippen molar-refractivity contribution in [2.45, 2.75) is 33.2 Å². The number of nitrogen functional groups attached to an aromatic ring is 1. The fourth-order valence-corrected chi connectivity index (χ4v) is 3.64. The molecule has 4 heterocycles. The topological polar surface area (TPSA) is 104 Å². The number of nitrogens with zero attached hydrogens (tertiary/aromatic N) is 4. The van der Waals surface area contributed by atoms with Crippen LogP contribution in [0.4, 0.5) is 5.82 Å². The number of hydrogen-bond acceptors (Lipinski definition) is 5. The standard InChI is InChI=1S/C20H26N6O2/c1-11(2)12(3)26-10-14(18-17(20(26)27)19(21)23-22-18)15-9-16(25(4)24-15)13-5-7-28-8-6-13/h5,9-12H,6-8H2,1-4H3,(H3,21,22,23)/t12-/m0/s1. The van der Waals surface area contributed by atoms with Crippen molar-refractivity contribution in [3.8, 4) is 11.3 Å². The second-order valence-electron chi connectivity index (χ2n) is 7.69. The third-order valence-corrected chi connectivity index (χ3v) is 5.63. The minimum absolute atomic E-state index is 0.0198. The van der Waals surface area contributed by atoms with Crippen LogP contribution < -0.4 is 11.3 Å². The second-order valence-corrected chi connectivity index (χ2v) is 7.69. The molecule has 148 valence electrons. The van der Waals surface area contributed by atoms with E-state index in [1.807, 2.05) is 24.9 Å². The number of fused-ring (bicyclic) bond motifs is 1. The number of pyridine rings is 1. The van der Waals surface area contributed by atoms with Crippen molar-refractivity contribution in [2.24, 2.45) is 13.0 Å². The van der Waals surface area contributed by atoms with Gasteiger partial charge in [-0.2, -0.15) is 10.2 Å². The molecule has 8 heteroatoms. The van der Waals surface area contributed by atoms with Crippen LogP contribution in [0.5, 0.6) is 0 Å². The van der Waals surface area contributed by atoms with Crippen molar-refractivity contribution >= 4 is 22.3 Å². The van der Waals surface area contributed by atoms with Gasteiger partial charge in [0, 0.05) is 24.8 Å². The monoisotopic (exact) mass is 382 g/mol. The summed E-state index contributed by atoms with van der Waals surface area (Å²) in [4.78, 5) is 13.0. The molecule has 0 fully saturated rings. The molecule has 0 bridgehead atoms. The fourth-order valence-electron chi connectivity index (χ4n) is 3.64. The molecule has 3 aromatic heterocycles. The fraction of sp³-hybridized carbons (Fsp3) is 0.450. The molecule has 28 heavy (non-hydrogen) atoms. The predicted molar refractivity (Wildman–Crippen MR) is 110 cm³/mol. The summed E-state index contributed by atoms with van der Waals surface area (Å²) < 4.78 is 9.04. The molecule has 0 amide bonds. The summed E-state index contributed by atoms with van der Waals surface area (Å²) in [5.41, 5.74) is 10.4. The van der Waals surface area contributed by atoms with Crippen LogP contribution in [0.25, 0.3) is 27.7 Å². The van der Waals surface area contributed by atoms with E-state index in [2.05, 4.69) is 36.2 Å². The molecule has 0 radical (unpaired) electrons. The zero-order chi connectivity index (χ0) is 20.0. The van der Waals surface area contributed by atoms with Gasteiger partial charge >= 0.3 is 0 Å². The zero-order valence-corrected chi connectivity index (χ0v) is 16.7. The van der Waals surface area contributed by atoms with E-state index in [1.54, 1.807) is 4.57 Å². The Balaban J connectivity index is 1.93. The van der Waals surface area contributed by atoms with Gasteiger partial charge in [-0.1, -0.05) is 19.9 Å². The molecule has 1 aliphatic rings. The van der Waals surface area contributed by atoms with Gasteiger partial charge in [0.15, 0.2) is 5.82 Å². The summed E-state index contributed by atoms with van der Waals surface area (Å²) in [5.74, 6) is 0.512. The number of nitrogens with one attached hydrogen (secondary N) is 1. The van der Waals surface area contributed by atoms with Crippen LogP contribution in [-0.4, -0.2) is 37.8 Å². The second kappa shape index (κ2) is 6.94. The number of anilines is 1. The molecule has 1 aliphatic heterocycles. The average molecular weight is 382 g/mol. The summed E-state index contributed by atoms with van der Waals surface area (Å²) in [6.45, 7) is 7.56. The van der Waals surface area contributed by atoms with Crippen LogP contribution in [0.15, 0.2) is 23.1 Å². The van der Waals surface area contributed by atoms with Gasteiger partial charge in [0.2, 0.25) is 0 Å². The molecule has 3 aromatic rings. The first kappa shape index (κ1) is 18.5. The highest BCUT2D eigenvalue weighted by atomic mass is 16.5. The Kier molecular flexibility index (Phi) is 4.58. The van der Waals surface area contributed by atoms with Crippen LogP contribution in [0.3, 0.4) is 0 Å². The van der Waals surface area contributed by atoms with E-state index in [0.717, 1.165) is 23.4 Å². The van der Waals surface area contributed by atoms with Gasteiger partial charge in [-0.15, -0.1) is 0 Å². The third-order valence-electron chi connectivity index (χ3n) is 5.63. The molecule has 4 rings (SSSR count). The van der Waals surface area contributed by atoms with Crippen LogP contribution >= 0.6 is 0 Å². The number of ether oxygens (including phenoxy) is 1. The number of rotatable bonds is 4. The number of aromatic nitrogens is 5. The molecule has 8 nitrogen and oxygen atoms in total. The summed E-state index contributed by atoms with van der Waals surface area (Å²) in [6, 6.07) is 2.07. The maximum Gasteiger partial charge on any atom is 0.264 e. The first-order valence-electron chi connectivity index (χ1n) is 9.58. The molecule has 0 aromatic carbocycles. The van der Waals surface area contributed by atoms with Gasteiger partial charge in [0.1, 0.15) is 5.39 Å². The van der Waals surface area contributed by atoms with E-state index < -0.39 is 0 Å². The SMILES string of the molecule is CC(C)[C@H](C)n1cc(-c2cc(C3=CCOCC3)n(C)n2)c2[nH]nc(N)c2c1=O. The molecule has 0 saturated carbocycles. The first-order valence-corrected chi connectivity index (χ1v) is 9.58. The molecule has 0 spiro atoms. The van der Waals surface area contributed by atoms with Gasteiger partial charge in [-0.3, -0.25) is 14.6 Å². The van der Waals surface area contributed by atoms with Crippen molar-refractivity contribution in [1.29, 1.82) is 0 Å². The number of aryl methyl sites for hydroxylation is 1. The summed E-state index contributed by atoms with van der Waals surface area (Å²) in [5, 5.41) is 12.2. The predicted octanol–water partition coefficient (Wildman–Crippen LogP) is 2.73. The number of aromatic amines is 1. The lowest BCUT2D eigenvalue weighted by Gasteiger charge is -2.20. The van der Waals surface area contributed by atoms with E-state index in [4.69, 9.17) is 15.6 Å². The maximum absolute atomic E-state index is 13.0. The van der Waals surface area contributed by atoms with Gasteiger partial charge in [-0.05, 0) is 30.9 Å². The quantitative estimate of drug-likeness (QED) is 0.722. The van der Waals surface area contributed by atoms with Crippen molar-refractivity contribution < 1.29 is 4.74 Å². The molecular formula is C20H26N6O2. The lowest BCUT2D eigenvalue weighted by molar-refractivity contribution is 0.161. The highest BCUT2D eigenvalue weighted by molar-refractivity contribution is 5.97. The lowest BCUT2D eigenvalue weighted by atomic mass is 10.0. The Morgan fingerprint density at radius 2 is 2.11 bits per heavy atom. The Morgan fingerprint density at radius 1 is 1.32 bits per heavy atom. The van der Waals surface area contributed by atoms with E-state index in [0.29, 0.717) is 30.0 Å². The van der Waals surface area contributed by atoms with Crippen LogP contribution in [0.2, 0.25) is 0 Å². The Labute approximate surface area is 163 Å². The molecule has 0 aliphatic carbocycles. The Morgan fingerprint density at radius 3 is 2.79 bits per heavy atom. The smallest absolute Gasteiger partial charge is 0.264 e. The number of nitrogens with two attached hydrogens (primary N) is 1. The Hall–Kier alpha value is -2.87. The lowest BCUT2D eigenvalue weighted by Crippen LogP contribution is -2.26. The molecule has 3 N–H and O–H groups in total. The van der Waals surface area contributed by atoms with Gasteiger partial charge in [-0.25, -0.2) is 0 Å². The van der Waals surface area contributed by atoms with E-state index >= 15 is 0 Å². The van der Waals surface area contributed by atoms with Crippen molar-refractivity contribution in [3.63, 3.8) is 0 Å². The zero-order valence-electron chi connectivity index (χ0n) is 16.7. The van der Waals surface area contributed by atoms with Gasteiger partial charge in [0.05, 0.1) is 30.1 Å². The summed E-state index contributed by atoms with van der Waals surface area (Å²) in [7, 11) is 1.93. The third kappa shape index (κ3) is 2.93. The van der Waals surface area contributed by atoms with Crippen LogP contribution in [-0.2, 0) is 11.8 Å². The highest BCUT2D eigenvalue weighted by Gasteiger charge is 2.22. The van der Waals surface area contributed by atoms with Gasteiger partial charge in [0.25, 0.3) is 5.56 Å². The Bertz CT molecular complexity index is 1120. The highest BCUT2D eigenvalue weighted by Crippen LogP contribution is 2.31. The van der Waals surface area contributed by atoms with Crippen LogP contribution in [0, 0.1) is 5.92 Å². The maximum atomic E-state index is 13.0. The molecule has 0 unspecified atom stereocenters. The number of H-pyrrole nitrogens is 1. The van der Waals surface area contributed by atoms with Crippen molar-refractivity contribution in [1.82, 2.24) is 24.5 Å². The first-order chi connectivity index (χ1) is 13.4. The van der Waals surface area contributed by atoms with E-state index in [-0.39, 0.29) is 17.4 Å². The molecule has 0 saturated heterocycles. The van der Waals surface area contributed by atoms with Crippen molar-refractivity contribution in [2.75, 3.05) is 18.9 Å². The molecular weight excluding hydrogens is 356 g/mol. The van der Waals surface area contributed by atoms with Crippen LogP contribution in [0.1, 0.15) is 38.9 Å². The molecule has 1 atom stereocenters. The van der Waals surface area contributed by atoms with E-state index in [9.17, 15) is 4.79 Å². The summed E-state index contributed by atoms with van der Waals surface area (Å²) in [6.07, 6.45) is 4.82. The van der Waals surface area contributed by atoms with Gasteiger partial charge < -0.3 is 15.0 Å². The normalized spacial score (nSPS) is 16.0. The summed E-state index contributed by atoms with van der Waals surface area (Å²) >= 11 is 0. The van der Waals surface area contributed by atoms with E-state index in [1.165, 1.54) is 5.57 Å². The minimum atomic E-state index is -0.130.